The van der Waals surface area contributed by atoms with E-state index in [1.165, 1.54) is 25.4 Å². The molecule has 1 heterocycles. The summed E-state index contributed by atoms with van der Waals surface area (Å²) in [4.78, 5) is 16.1. The number of carbonyl (C=O) groups excluding carboxylic acids is 1. The van der Waals surface area contributed by atoms with E-state index >= 15 is 0 Å². The van der Waals surface area contributed by atoms with Crippen molar-refractivity contribution in [3.8, 4) is 5.75 Å². The molecule has 140 valence electrons. The number of halogens is 1. The van der Waals surface area contributed by atoms with Crippen LogP contribution >= 0.6 is 0 Å². The Kier molecular flexibility index (Phi) is 5.40. The number of carbonyl (C=O) groups is 1. The van der Waals surface area contributed by atoms with Crippen molar-refractivity contribution >= 4 is 23.5 Å². The highest BCUT2D eigenvalue weighted by atomic mass is 19.1. The second-order valence-corrected chi connectivity index (χ2v) is 6.14. The average molecular weight is 368 g/mol. The number of urea groups is 1. The van der Waals surface area contributed by atoms with Crippen LogP contribution in [0.5, 0.6) is 5.75 Å². The largest absolute Gasteiger partial charge is 0.496 e. The van der Waals surface area contributed by atoms with Crippen LogP contribution in [0.2, 0.25) is 0 Å². The summed E-state index contributed by atoms with van der Waals surface area (Å²) in [5, 5.41) is 7.44. The molecule has 0 aromatic heterocycles. The lowest BCUT2D eigenvalue weighted by Crippen LogP contribution is -2.31. The zero-order valence-electron chi connectivity index (χ0n) is 15.0. The maximum Gasteiger partial charge on any atom is 0.324 e. The number of benzene rings is 2. The molecule has 3 N–H and O–H groups in total. The van der Waals surface area contributed by atoms with Crippen molar-refractivity contribution in [2.24, 2.45) is 5.73 Å². The van der Waals surface area contributed by atoms with Crippen molar-refractivity contribution < 1.29 is 13.9 Å². The number of nitrogens with one attached hydrogen (secondary N) is 1. The Balaban J connectivity index is 1.81. The fourth-order valence-electron chi connectivity index (χ4n) is 3.13. The van der Waals surface area contributed by atoms with E-state index in [0.29, 0.717) is 42.2 Å². The van der Waals surface area contributed by atoms with Crippen molar-refractivity contribution in [3.63, 3.8) is 0 Å². The monoisotopic (exact) mass is 368 g/mol. The molecule has 27 heavy (non-hydrogen) atoms. The van der Waals surface area contributed by atoms with Crippen molar-refractivity contribution in [1.82, 2.24) is 4.90 Å². The molecule has 1 fully saturated rings. The third-order valence-corrected chi connectivity index (χ3v) is 4.50. The van der Waals surface area contributed by atoms with Gasteiger partial charge in [-0.1, -0.05) is 12.1 Å². The van der Waals surface area contributed by atoms with Gasteiger partial charge in [0.25, 0.3) is 0 Å². The Hall–Kier alpha value is -3.35. The van der Waals surface area contributed by atoms with Gasteiger partial charge in [-0.05, 0) is 29.8 Å². The molecule has 0 spiro atoms. The maximum absolute atomic E-state index is 13.4. The van der Waals surface area contributed by atoms with Gasteiger partial charge in [0, 0.05) is 54.9 Å². The number of amides is 2. The lowest BCUT2D eigenvalue weighted by atomic mass is 10.1. The average Bonchev–Trinajstić information content (AvgIpc) is 3.03. The standard InChI is InChI=1S/C20H21FN4O2/c1-27-19-10-17(5-6-18(19)15(11-22)12-23)25-8-7-24(20(25)26)13-14-3-2-4-16(21)9-14/h2-6,9-12,22H,7-8,13,23H2,1H3/b15-12+,22-11?. The number of nitrogens with zero attached hydrogens (tertiary/aromatic N) is 2. The number of hydrogen-bond acceptors (Lipinski definition) is 4. The van der Waals surface area contributed by atoms with Crippen LogP contribution < -0.4 is 15.4 Å². The van der Waals surface area contributed by atoms with Gasteiger partial charge in [-0.2, -0.15) is 0 Å². The smallest absolute Gasteiger partial charge is 0.324 e. The molecule has 0 aliphatic carbocycles. The highest BCUT2D eigenvalue weighted by Crippen LogP contribution is 2.31. The summed E-state index contributed by atoms with van der Waals surface area (Å²) in [5.74, 6) is 0.218. The predicted octanol–water partition coefficient (Wildman–Crippen LogP) is 3.23. The Bertz CT molecular complexity index is 897. The second kappa shape index (κ2) is 7.90. The predicted molar refractivity (Wildman–Crippen MR) is 103 cm³/mol. The Morgan fingerprint density at radius 3 is 2.78 bits per heavy atom. The third kappa shape index (κ3) is 3.76. The van der Waals surface area contributed by atoms with Crippen molar-refractivity contribution in [2.45, 2.75) is 6.54 Å². The zero-order chi connectivity index (χ0) is 19.4. The zero-order valence-corrected chi connectivity index (χ0v) is 15.0. The Morgan fingerprint density at radius 1 is 1.30 bits per heavy atom. The minimum atomic E-state index is -0.314. The maximum atomic E-state index is 13.4. The van der Waals surface area contributed by atoms with E-state index in [9.17, 15) is 9.18 Å². The number of rotatable bonds is 6. The van der Waals surface area contributed by atoms with Gasteiger partial charge in [0.05, 0.1) is 7.11 Å². The molecule has 0 bridgehead atoms. The van der Waals surface area contributed by atoms with Gasteiger partial charge in [0.15, 0.2) is 0 Å². The van der Waals surface area contributed by atoms with E-state index in [-0.39, 0.29) is 11.8 Å². The van der Waals surface area contributed by atoms with E-state index < -0.39 is 0 Å². The number of allylic oxidation sites excluding steroid dienone is 1. The minimum Gasteiger partial charge on any atom is -0.496 e. The second-order valence-electron chi connectivity index (χ2n) is 6.14. The summed E-state index contributed by atoms with van der Waals surface area (Å²) in [6, 6.07) is 11.4. The molecule has 0 unspecified atom stereocenters. The molecule has 6 nitrogen and oxygen atoms in total. The van der Waals surface area contributed by atoms with Gasteiger partial charge in [-0.25, -0.2) is 9.18 Å². The van der Waals surface area contributed by atoms with E-state index in [1.807, 2.05) is 0 Å². The highest BCUT2D eigenvalue weighted by molar-refractivity contribution is 6.09. The fraction of sp³-hybridized carbons (Fsp3) is 0.200. The van der Waals surface area contributed by atoms with Crippen LogP contribution in [0.15, 0.2) is 48.7 Å². The first-order chi connectivity index (χ1) is 13.1. The molecule has 2 aromatic carbocycles. The molecular formula is C20H21FN4O2. The molecule has 0 radical (unpaired) electrons. The Labute approximate surface area is 157 Å². The molecule has 0 atom stereocenters. The van der Waals surface area contributed by atoms with Gasteiger partial charge in [-0.3, -0.25) is 4.90 Å². The molecule has 7 heteroatoms. The molecule has 1 aliphatic rings. The van der Waals surface area contributed by atoms with Gasteiger partial charge in [0.2, 0.25) is 0 Å². The van der Waals surface area contributed by atoms with Gasteiger partial charge < -0.3 is 20.8 Å². The van der Waals surface area contributed by atoms with E-state index in [2.05, 4.69) is 0 Å². The fourth-order valence-corrected chi connectivity index (χ4v) is 3.13. The Morgan fingerprint density at radius 2 is 2.11 bits per heavy atom. The summed E-state index contributed by atoms with van der Waals surface area (Å²) in [7, 11) is 1.53. The normalized spacial score (nSPS) is 14.6. The van der Waals surface area contributed by atoms with Gasteiger partial charge >= 0.3 is 6.03 Å². The number of hydrogen-bond donors (Lipinski definition) is 2. The quantitative estimate of drug-likeness (QED) is 0.768. The lowest BCUT2D eigenvalue weighted by Gasteiger charge is -2.20. The first-order valence-corrected chi connectivity index (χ1v) is 8.49. The molecular weight excluding hydrogens is 347 g/mol. The van der Waals surface area contributed by atoms with Crippen molar-refractivity contribution in [1.29, 1.82) is 5.41 Å². The topological polar surface area (TPSA) is 82.7 Å². The van der Waals surface area contributed by atoms with E-state index in [1.54, 1.807) is 40.1 Å². The summed E-state index contributed by atoms with van der Waals surface area (Å²) in [5.41, 5.74) is 8.22. The summed E-state index contributed by atoms with van der Waals surface area (Å²) in [6.07, 6.45) is 2.49. The van der Waals surface area contributed by atoms with Crippen LogP contribution in [0.1, 0.15) is 11.1 Å². The van der Waals surface area contributed by atoms with Crippen LogP contribution in [0.4, 0.5) is 14.9 Å². The van der Waals surface area contributed by atoms with Crippen LogP contribution in [0.3, 0.4) is 0 Å². The summed E-state index contributed by atoms with van der Waals surface area (Å²) in [6.45, 7) is 1.44. The number of nitrogens with two attached hydrogens (primary N) is 1. The molecule has 1 aliphatic heterocycles. The van der Waals surface area contributed by atoms with Gasteiger partial charge in [0.1, 0.15) is 11.6 Å². The van der Waals surface area contributed by atoms with Crippen LogP contribution in [-0.2, 0) is 6.54 Å². The summed E-state index contributed by atoms with van der Waals surface area (Å²) >= 11 is 0. The van der Waals surface area contributed by atoms with Crippen LogP contribution in [0, 0.1) is 11.2 Å². The molecule has 0 saturated carbocycles. The first-order valence-electron chi connectivity index (χ1n) is 8.49. The minimum absolute atomic E-state index is 0.143. The highest BCUT2D eigenvalue weighted by Gasteiger charge is 2.30. The number of ether oxygens (including phenoxy) is 1. The molecule has 3 rings (SSSR count). The number of methoxy groups -OCH3 is 1. The number of anilines is 1. The van der Waals surface area contributed by atoms with E-state index in [4.69, 9.17) is 15.9 Å². The molecule has 2 amide bonds. The van der Waals surface area contributed by atoms with E-state index in [0.717, 1.165) is 11.8 Å². The lowest BCUT2D eigenvalue weighted by molar-refractivity contribution is 0.218. The van der Waals surface area contributed by atoms with Crippen LogP contribution in [-0.4, -0.2) is 37.3 Å². The molecule has 1 saturated heterocycles. The molecule has 2 aromatic rings. The SMILES string of the molecule is COc1cc(N2CCN(Cc3cccc(F)c3)C2=O)ccc1/C(C=N)=C/N. The van der Waals surface area contributed by atoms with Crippen molar-refractivity contribution in [3.05, 3.63) is 65.6 Å². The van der Waals surface area contributed by atoms with Crippen LogP contribution in [0.25, 0.3) is 5.57 Å². The van der Waals surface area contributed by atoms with Gasteiger partial charge in [-0.15, -0.1) is 0 Å². The summed E-state index contributed by atoms with van der Waals surface area (Å²) < 4.78 is 18.8. The van der Waals surface area contributed by atoms with Crippen molar-refractivity contribution in [2.75, 3.05) is 25.1 Å². The third-order valence-electron chi connectivity index (χ3n) is 4.50. The first kappa shape index (κ1) is 18.4.